The van der Waals surface area contributed by atoms with Gasteiger partial charge in [-0.3, -0.25) is 4.79 Å². The Morgan fingerprint density at radius 3 is 2.53 bits per heavy atom. The van der Waals surface area contributed by atoms with Crippen molar-refractivity contribution in [1.82, 2.24) is 5.32 Å². The van der Waals surface area contributed by atoms with E-state index in [-0.39, 0.29) is 11.9 Å². The van der Waals surface area contributed by atoms with Gasteiger partial charge in [-0.15, -0.1) is 0 Å². The fourth-order valence-electron chi connectivity index (χ4n) is 2.17. The van der Waals surface area contributed by atoms with E-state index in [0.29, 0.717) is 11.3 Å². The first-order valence-corrected chi connectivity index (χ1v) is 6.01. The number of carbonyl (C=O) groups is 1. The molecule has 4 nitrogen and oxygen atoms in total. The molecule has 0 unspecified atom stereocenters. The Kier molecular flexibility index (Phi) is 3.64. The largest absolute Gasteiger partial charge is 0.399 e. The van der Waals surface area contributed by atoms with Gasteiger partial charge < -0.3 is 16.2 Å². The fraction of sp³-hybridized carbons (Fsp3) is 0.462. The van der Waals surface area contributed by atoms with Gasteiger partial charge in [-0.05, 0) is 37.1 Å². The zero-order valence-corrected chi connectivity index (χ0v) is 9.73. The Hall–Kier alpha value is -1.55. The average Bonchev–Trinajstić information content (AvgIpc) is 2.33. The summed E-state index contributed by atoms with van der Waals surface area (Å²) in [5, 5.41) is 12.6. The summed E-state index contributed by atoms with van der Waals surface area (Å²) in [6.45, 7) is 0. The maximum Gasteiger partial charge on any atom is 0.251 e. The Morgan fingerprint density at radius 2 is 1.88 bits per heavy atom. The molecular formula is C13H18N2O2. The molecule has 1 aliphatic carbocycles. The molecule has 92 valence electrons. The normalized spacial score (nSPS) is 24.3. The SMILES string of the molecule is Nc1ccc(C(=O)N[C@@H]2CCCC[C@H]2O)cc1. The van der Waals surface area contributed by atoms with Crippen molar-refractivity contribution in [3.8, 4) is 0 Å². The lowest BCUT2D eigenvalue weighted by Crippen LogP contribution is -2.45. The van der Waals surface area contributed by atoms with Crippen LogP contribution >= 0.6 is 0 Å². The minimum absolute atomic E-state index is 0.117. The standard InChI is InChI=1S/C13H18N2O2/c14-10-7-5-9(6-8-10)13(17)15-11-3-1-2-4-12(11)16/h5-8,11-12,16H,1-4,14H2,(H,15,17)/t11-,12-/m1/s1. The lowest BCUT2D eigenvalue weighted by molar-refractivity contribution is 0.0717. The highest BCUT2D eigenvalue weighted by molar-refractivity contribution is 5.94. The molecule has 0 aliphatic heterocycles. The third kappa shape index (κ3) is 2.97. The van der Waals surface area contributed by atoms with Crippen LogP contribution in [0.15, 0.2) is 24.3 Å². The van der Waals surface area contributed by atoms with E-state index in [9.17, 15) is 9.90 Å². The molecule has 2 atom stereocenters. The maximum absolute atomic E-state index is 11.9. The number of amides is 1. The van der Waals surface area contributed by atoms with Crippen LogP contribution in [-0.2, 0) is 0 Å². The number of nitrogens with one attached hydrogen (secondary N) is 1. The van der Waals surface area contributed by atoms with Gasteiger partial charge >= 0.3 is 0 Å². The van der Waals surface area contributed by atoms with Crippen LogP contribution in [0.3, 0.4) is 0 Å². The van der Waals surface area contributed by atoms with Crippen molar-refractivity contribution in [3.63, 3.8) is 0 Å². The molecule has 1 amide bonds. The first kappa shape index (κ1) is 11.9. The van der Waals surface area contributed by atoms with E-state index in [1.54, 1.807) is 24.3 Å². The zero-order chi connectivity index (χ0) is 12.3. The van der Waals surface area contributed by atoms with Crippen LogP contribution < -0.4 is 11.1 Å². The molecule has 1 fully saturated rings. The molecule has 0 radical (unpaired) electrons. The summed E-state index contributed by atoms with van der Waals surface area (Å²) in [5.41, 5.74) is 6.78. The summed E-state index contributed by atoms with van der Waals surface area (Å²) in [7, 11) is 0. The topological polar surface area (TPSA) is 75.4 Å². The molecule has 0 aromatic heterocycles. The van der Waals surface area contributed by atoms with E-state index in [0.717, 1.165) is 25.7 Å². The van der Waals surface area contributed by atoms with Gasteiger partial charge in [0, 0.05) is 11.3 Å². The van der Waals surface area contributed by atoms with Gasteiger partial charge in [-0.2, -0.15) is 0 Å². The number of hydrogen-bond acceptors (Lipinski definition) is 3. The van der Waals surface area contributed by atoms with Crippen LogP contribution in [0, 0.1) is 0 Å². The lowest BCUT2D eigenvalue weighted by Gasteiger charge is -2.28. The third-order valence-corrected chi connectivity index (χ3v) is 3.22. The number of rotatable bonds is 2. The average molecular weight is 234 g/mol. The van der Waals surface area contributed by atoms with Crippen LogP contribution in [0.2, 0.25) is 0 Å². The molecule has 0 saturated heterocycles. The molecule has 1 aromatic carbocycles. The minimum atomic E-state index is -0.415. The molecule has 0 heterocycles. The number of carbonyl (C=O) groups excluding carboxylic acids is 1. The molecule has 4 heteroatoms. The fourth-order valence-corrected chi connectivity index (χ4v) is 2.17. The number of nitrogen functional groups attached to an aromatic ring is 1. The lowest BCUT2D eigenvalue weighted by atomic mass is 9.92. The molecular weight excluding hydrogens is 216 g/mol. The second-order valence-electron chi connectivity index (χ2n) is 4.55. The minimum Gasteiger partial charge on any atom is -0.399 e. The molecule has 1 aromatic rings. The van der Waals surface area contributed by atoms with Gasteiger partial charge in [0.2, 0.25) is 0 Å². The van der Waals surface area contributed by atoms with Crippen LogP contribution in [0.5, 0.6) is 0 Å². The summed E-state index contributed by atoms with van der Waals surface area (Å²) in [4.78, 5) is 11.9. The van der Waals surface area contributed by atoms with Crippen LogP contribution in [0.25, 0.3) is 0 Å². The summed E-state index contributed by atoms with van der Waals surface area (Å²) in [5.74, 6) is -0.143. The number of hydrogen-bond donors (Lipinski definition) is 3. The molecule has 1 aliphatic rings. The van der Waals surface area contributed by atoms with Crippen LogP contribution in [-0.4, -0.2) is 23.2 Å². The van der Waals surface area contributed by atoms with Gasteiger partial charge in [0.05, 0.1) is 12.1 Å². The highest BCUT2D eigenvalue weighted by Crippen LogP contribution is 2.18. The number of aliphatic hydroxyl groups excluding tert-OH is 1. The number of nitrogens with two attached hydrogens (primary N) is 1. The van der Waals surface area contributed by atoms with Gasteiger partial charge in [0.25, 0.3) is 5.91 Å². The smallest absolute Gasteiger partial charge is 0.251 e. The van der Waals surface area contributed by atoms with Crippen LogP contribution in [0.4, 0.5) is 5.69 Å². The molecule has 0 spiro atoms. The summed E-state index contributed by atoms with van der Waals surface area (Å²) < 4.78 is 0. The van der Waals surface area contributed by atoms with Crippen molar-refractivity contribution < 1.29 is 9.90 Å². The Bertz CT molecular complexity index is 389. The molecule has 4 N–H and O–H groups in total. The first-order chi connectivity index (χ1) is 8.16. The third-order valence-electron chi connectivity index (χ3n) is 3.22. The quantitative estimate of drug-likeness (QED) is 0.675. The molecule has 0 bridgehead atoms. The van der Waals surface area contributed by atoms with Crippen LogP contribution in [0.1, 0.15) is 36.0 Å². The van der Waals surface area contributed by atoms with Gasteiger partial charge in [0.1, 0.15) is 0 Å². The number of benzene rings is 1. The van der Waals surface area contributed by atoms with Crippen molar-refractivity contribution in [2.45, 2.75) is 37.8 Å². The van der Waals surface area contributed by atoms with Gasteiger partial charge in [-0.25, -0.2) is 0 Å². The predicted octanol–water partition coefficient (Wildman–Crippen LogP) is 1.30. The number of aliphatic hydroxyl groups is 1. The highest BCUT2D eigenvalue weighted by atomic mass is 16.3. The zero-order valence-electron chi connectivity index (χ0n) is 9.73. The Balaban J connectivity index is 1.98. The Labute approximate surface area is 101 Å². The maximum atomic E-state index is 11.9. The monoisotopic (exact) mass is 234 g/mol. The summed E-state index contributed by atoms with van der Waals surface area (Å²) >= 11 is 0. The van der Waals surface area contributed by atoms with E-state index >= 15 is 0 Å². The van der Waals surface area contributed by atoms with E-state index in [1.807, 2.05) is 0 Å². The molecule has 2 rings (SSSR count). The van der Waals surface area contributed by atoms with Gasteiger partial charge in [0.15, 0.2) is 0 Å². The van der Waals surface area contributed by atoms with E-state index < -0.39 is 6.10 Å². The highest BCUT2D eigenvalue weighted by Gasteiger charge is 2.24. The van der Waals surface area contributed by atoms with Crippen molar-refractivity contribution in [2.24, 2.45) is 0 Å². The summed E-state index contributed by atoms with van der Waals surface area (Å²) in [6.07, 6.45) is 3.30. The van der Waals surface area contributed by atoms with E-state index in [4.69, 9.17) is 5.73 Å². The molecule has 1 saturated carbocycles. The Morgan fingerprint density at radius 1 is 1.24 bits per heavy atom. The number of anilines is 1. The van der Waals surface area contributed by atoms with Gasteiger partial charge in [-0.1, -0.05) is 12.8 Å². The molecule has 17 heavy (non-hydrogen) atoms. The predicted molar refractivity (Wildman–Crippen MR) is 66.6 cm³/mol. The van der Waals surface area contributed by atoms with E-state index in [1.165, 1.54) is 0 Å². The second kappa shape index (κ2) is 5.19. The van der Waals surface area contributed by atoms with E-state index in [2.05, 4.69) is 5.32 Å². The second-order valence-corrected chi connectivity index (χ2v) is 4.55. The van der Waals surface area contributed by atoms with Crippen molar-refractivity contribution in [1.29, 1.82) is 0 Å². The summed E-state index contributed by atoms with van der Waals surface area (Å²) in [6, 6.07) is 6.67. The van der Waals surface area contributed by atoms with Crippen molar-refractivity contribution >= 4 is 11.6 Å². The van der Waals surface area contributed by atoms with Crippen molar-refractivity contribution in [2.75, 3.05) is 5.73 Å². The first-order valence-electron chi connectivity index (χ1n) is 6.01. The van der Waals surface area contributed by atoms with Crippen molar-refractivity contribution in [3.05, 3.63) is 29.8 Å².